The summed E-state index contributed by atoms with van der Waals surface area (Å²) < 4.78 is 45.0. The van der Waals surface area contributed by atoms with E-state index >= 15 is 0 Å². The molecule has 1 aromatic carbocycles. The summed E-state index contributed by atoms with van der Waals surface area (Å²) in [7, 11) is 0. The highest BCUT2D eigenvalue weighted by atomic mass is 35.5. The Morgan fingerprint density at radius 1 is 1.03 bits per heavy atom. The second-order valence-electron chi connectivity index (χ2n) is 8.48. The SMILES string of the molecule is FC(F)(F)c1ccc(Cl)c(CN2CCCc3ncc(Nc4ccc(N5CCOCC5)nc4)nc32)c1. The van der Waals surface area contributed by atoms with Gasteiger partial charge < -0.3 is 19.9 Å². The number of morpholine rings is 1. The number of pyridine rings is 1. The molecule has 0 radical (unpaired) electrons. The number of rotatable bonds is 5. The van der Waals surface area contributed by atoms with Crippen LogP contribution in [0.5, 0.6) is 0 Å². The number of aromatic nitrogens is 3. The van der Waals surface area contributed by atoms with E-state index in [0.29, 0.717) is 42.0 Å². The van der Waals surface area contributed by atoms with Gasteiger partial charge in [0.15, 0.2) is 11.6 Å². The zero-order chi connectivity index (χ0) is 24.4. The monoisotopic (exact) mass is 504 g/mol. The predicted octanol–water partition coefficient (Wildman–Crippen LogP) is 5.08. The van der Waals surface area contributed by atoms with Crippen molar-refractivity contribution in [1.29, 1.82) is 0 Å². The van der Waals surface area contributed by atoms with Gasteiger partial charge in [-0.1, -0.05) is 11.6 Å². The van der Waals surface area contributed by atoms with Crippen molar-refractivity contribution >= 4 is 34.7 Å². The van der Waals surface area contributed by atoms with Gasteiger partial charge in [-0.3, -0.25) is 4.98 Å². The van der Waals surface area contributed by atoms with Crippen LogP contribution in [0, 0.1) is 0 Å². The van der Waals surface area contributed by atoms with Crippen molar-refractivity contribution in [1.82, 2.24) is 15.0 Å². The summed E-state index contributed by atoms with van der Waals surface area (Å²) in [5, 5.41) is 3.52. The molecule has 0 atom stereocenters. The third-order valence-corrected chi connectivity index (χ3v) is 6.43. The number of fused-ring (bicyclic) bond motifs is 1. The molecule has 4 heterocycles. The molecule has 0 amide bonds. The fourth-order valence-corrected chi connectivity index (χ4v) is 4.43. The maximum Gasteiger partial charge on any atom is 0.416 e. The Morgan fingerprint density at radius 2 is 1.86 bits per heavy atom. The molecule has 0 aliphatic carbocycles. The van der Waals surface area contributed by atoms with Crippen LogP contribution in [-0.2, 0) is 23.9 Å². The largest absolute Gasteiger partial charge is 0.416 e. The molecule has 5 rings (SSSR count). The third kappa shape index (κ3) is 5.43. The molecule has 0 unspecified atom stereocenters. The average Bonchev–Trinajstić information content (AvgIpc) is 2.86. The third-order valence-electron chi connectivity index (χ3n) is 6.06. The van der Waals surface area contributed by atoms with Crippen molar-refractivity contribution in [3.05, 3.63) is 64.6 Å². The smallest absolute Gasteiger partial charge is 0.378 e. The number of hydrogen-bond acceptors (Lipinski definition) is 7. The number of anilines is 4. The van der Waals surface area contributed by atoms with E-state index in [1.807, 2.05) is 17.0 Å². The van der Waals surface area contributed by atoms with Crippen molar-refractivity contribution in [2.24, 2.45) is 0 Å². The van der Waals surface area contributed by atoms with Gasteiger partial charge in [0.25, 0.3) is 0 Å². The minimum absolute atomic E-state index is 0.212. The van der Waals surface area contributed by atoms with E-state index in [2.05, 4.69) is 20.2 Å². The molecular weight excluding hydrogens is 481 g/mol. The number of halogens is 4. The minimum Gasteiger partial charge on any atom is -0.378 e. The standard InChI is InChI=1S/C24H24ClF3N6O/c25-19-5-3-17(24(26,27)28)12-16(19)15-34-7-1-2-20-23(34)32-21(14-29-20)31-18-4-6-22(30-13-18)33-8-10-35-11-9-33/h3-6,12-14H,1-2,7-11,15H2,(H,31,32). The minimum atomic E-state index is -4.43. The fourth-order valence-electron chi connectivity index (χ4n) is 4.26. The average molecular weight is 505 g/mol. The van der Waals surface area contributed by atoms with Crippen LogP contribution in [0.4, 0.5) is 36.3 Å². The second kappa shape index (κ2) is 9.87. The molecule has 7 nitrogen and oxygen atoms in total. The number of ether oxygens (including phenoxy) is 1. The zero-order valence-corrected chi connectivity index (χ0v) is 19.6. The summed E-state index contributed by atoms with van der Waals surface area (Å²) in [6.07, 6.45) is 0.562. The van der Waals surface area contributed by atoms with Crippen molar-refractivity contribution < 1.29 is 17.9 Å². The molecule has 1 saturated heterocycles. The van der Waals surface area contributed by atoms with E-state index in [0.717, 1.165) is 55.3 Å². The maximum absolute atomic E-state index is 13.2. The lowest BCUT2D eigenvalue weighted by atomic mass is 10.1. The number of nitrogens with one attached hydrogen (secondary N) is 1. The van der Waals surface area contributed by atoms with Crippen LogP contribution in [0.3, 0.4) is 0 Å². The summed E-state index contributed by atoms with van der Waals surface area (Å²) in [6.45, 7) is 3.85. The first-order valence-electron chi connectivity index (χ1n) is 11.4. The van der Waals surface area contributed by atoms with Gasteiger partial charge in [-0.15, -0.1) is 0 Å². The van der Waals surface area contributed by atoms with E-state index in [1.165, 1.54) is 6.07 Å². The van der Waals surface area contributed by atoms with Crippen LogP contribution in [-0.4, -0.2) is 47.8 Å². The maximum atomic E-state index is 13.2. The molecule has 2 aliphatic rings. The van der Waals surface area contributed by atoms with E-state index < -0.39 is 11.7 Å². The van der Waals surface area contributed by atoms with E-state index in [-0.39, 0.29) is 6.54 Å². The molecule has 0 saturated carbocycles. The van der Waals surface area contributed by atoms with Crippen LogP contribution in [0.1, 0.15) is 23.2 Å². The molecule has 0 bridgehead atoms. The highest BCUT2D eigenvalue weighted by Crippen LogP contribution is 2.34. The molecule has 1 N–H and O–H groups in total. The number of nitrogens with zero attached hydrogens (tertiary/aromatic N) is 5. The number of alkyl halides is 3. The van der Waals surface area contributed by atoms with E-state index in [4.69, 9.17) is 21.3 Å². The van der Waals surface area contributed by atoms with Crippen LogP contribution in [0.15, 0.2) is 42.7 Å². The summed E-state index contributed by atoms with van der Waals surface area (Å²) in [6, 6.07) is 7.27. The quantitative estimate of drug-likeness (QED) is 0.520. The Kier molecular flexibility index (Phi) is 6.66. The van der Waals surface area contributed by atoms with Gasteiger partial charge in [0.2, 0.25) is 0 Å². The van der Waals surface area contributed by atoms with Gasteiger partial charge in [0.05, 0.1) is 42.6 Å². The van der Waals surface area contributed by atoms with Gasteiger partial charge in [0, 0.05) is 31.2 Å². The molecule has 184 valence electrons. The van der Waals surface area contributed by atoms with Crippen LogP contribution < -0.4 is 15.1 Å². The molecule has 3 aromatic rings. The Labute approximate surface area is 205 Å². The van der Waals surface area contributed by atoms with Crippen LogP contribution in [0.2, 0.25) is 5.02 Å². The summed E-state index contributed by atoms with van der Waals surface area (Å²) in [5.74, 6) is 2.07. The van der Waals surface area contributed by atoms with Crippen molar-refractivity contribution in [3.8, 4) is 0 Å². The summed E-state index contributed by atoms with van der Waals surface area (Å²) in [4.78, 5) is 17.9. The van der Waals surface area contributed by atoms with Gasteiger partial charge in [-0.25, -0.2) is 9.97 Å². The first-order chi connectivity index (χ1) is 16.9. The lowest BCUT2D eigenvalue weighted by Gasteiger charge is -2.30. The molecule has 35 heavy (non-hydrogen) atoms. The number of benzene rings is 1. The first-order valence-corrected chi connectivity index (χ1v) is 11.8. The van der Waals surface area contributed by atoms with E-state index in [9.17, 15) is 13.2 Å². The van der Waals surface area contributed by atoms with Crippen LogP contribution in [0.25, 0.3) is 0 Å². The van der Waals surface area contributed by atoms with Crippen molar-refractivity contribution in [2.75, 3.05) is 48.0 Å². The van der Waals surface area contributed by atoms with Crippen LogP contribution >= 0.6 is 11.6 Å². The highest BCUT2D eigenvalue weighted by Gasteiger charge is 2.31. The van der Waals surface area contributed by atoms with Crippen molar-refractivity contribution in [2.45, 2.75) is 25.6 Å². The summed E-state index contributed by atoms with van der Waals surface area (Å²) >= 11 is 6.24. The molecule has 1 fully saturated rings. The molecule has 11 heteroatoms. The second-order valence-corrected chi connectivity index (χ2v) is 8.89. The normalized spacial score (nSPS) is 16.2. The Morgan fingerprint density at radius 3 is 2.60 bits per heavy atom. The molecular formula is C24H24ClF3N6O. The topological polar surface area (TPSA) is 66.4 Å². The Balaban J connectivity index is 1.34. The predicted molar refractivity (Wildman–Crippen MR) is 128 cm³/mol. The van der Waals surface area contributed by atoms with Gasteiger partial charge >= 0.3 is 6.18 Å². The van der Waals surface area contributed by atoms with Gasteiger partial charge in [-0.05, 0) is 48.7 Å². The van der Waals surface area contributed by atoms with Crippen molar-refractivity contribution in [3.63, 3.8) is 0 Å². The lowest BCUT2D eigenvalue weighted by molar-refractivity contribution is -0.137. The summed E-state index contributed by atoms with van der Waals surface area (Å²) in [5.41, 5.74) is 1.26. The fraction of sp³-hybridized carbons (Fsp3) is 0.375. The first kappa shape index (κ1) is 23.6. The molecule has 2 aliphatic heterocycles. The molecule has 0 spiro atoms. The van der Waals surface area contributed by atoms with E-state index in [1.54, 1.807) is 12.4 Å². The Hall–Kier alpha value is -3.11. The lowest BCUT2D eigenvalue weighted by Crippen LogP contribution is -2.36. The van der Waals surface area contributed by atoms with Gasteiger partial charge in [-0.2, -0.15) is 13.2 Å². The van der Waals surface area contributed by atoms with Gasteiger partial charge in [0.1, 0.15) is 5.82 Å². The highest BCUT2D eigenvalue weighted by molar-refractivity contribution is 6.31. The Bertz CT molecular complexity index is 1180. The zero-order valence-electron chi connectivity index (χ0n) is 18.9. The molecule has 2 aromatic heterocycles. The number of hydrogen-bond donors (Lipinski definition) is 1. The number of aryl methyl sites for hydroxylation is 1.